The smallest absolute Gasteiger partial charge is 0.222 e. The van der Waals surface area contributed by atoms with Crippen molar-refractivity contribution in [3.8, 4) is 0 Å². The Hall–Kier alpha value is -2.17. The van der Waals surface area contributed by atoms with Crippen LogP contribution in [0.3, 0.4) is 0 Å². The summed E-state index contributed by atoms with van der Waals surface area (Å²) in [6.45, 7) is 19.8. The summed E-state index contributed by atoms with van der Waals surface area (Å²) >= 11 is 0. The quantitative estimate of drug-likeness (QED) is 0.438. The molecule has 5 nitrogen and oxygen atoms in total. The van der Waals surface area contributed by atoms with Crippen LogP contribution < -0.4 is 5.73 Å². The summed E-state index contributed by atoms with van der Waals surface area (Å²) < 4.78 is 0. The van der Waals surface area contributed by atoms with Gasteiger partial charge in [-0.05, 0) is 38.8 Å². The fourth-order valence-corrected chi connectivity index (χ4v) is 2.95. The van der Waals surface area contributed by atoms with E-state index in [0.717, 1.165) is 29.7 Å². The number of carbonyl (C=O) groups excluding carboxylic acids is 2. The van der Waals surface area contributed by atoms with E-state index in [4.69, 9.17) is 11.1 Å². The number of ketones is 1. The number of carbonyl (C=O) groups is 2. The molecule has 0 spiro atoms. The van der Waals surface area contributed by atoms with E-state index in [0.29, 0.717) is 25.1 Å². The zero-order valence-electron chi connectivity index (χ0n) is 19.9. The molecule has 166 valence electrons. The molecule has 1 aliphatic heterocycles. The highest BCUT2D eigenvalue weighted by Gasteiger charge is 2.31. The number of nitrogens with two attached hydrogens (primary N) is 1. The van der Waals surface area contributed by atoms with E-state index < -0.39 is 0 Å². The first-order valence-corrected chi connectivity index (χ1v) is 10.8. The number of hydrogen-bond acceptors (Lipinski definition) is 4. The average molecular weight is 406 g/mol. The van der Waals surface area contributed by atoms with E-state index in [2.05, 4.69) is 6.58 Å². The normalized spacial score (nSPS) is 16.4. The molecule has 0 saturated carbocycles. The first-order valence-electron chi connectivity index (χ1n) is 10.8. The second kappa shape index (κ2) is 15.7. The fraction of sp³-hybridized carbons (Fsp3) is 0.625. The van der Waals surface area contributed by atoms with Crippen molar-refractivity contribution in [3.63, 3.8) is 0 Å². The van der Waals surface area contributed by atoms with Crippen LogP contribution in [0.15, 0.2) is 35.6 Å². The van der Waals surface area contributed by atoms with E-state index in [1.807, 2.05) is 66.4 Å². The summed E-state index contributed by atoms with van der Waals surface area (Å²) in [4.78, 5) is 24.5. The molecule has 1 amide bonds. The molecule has 0 aromatic carbocycles. The van der Waals surface area contributed by atoms with Crippen molar-refractivity contribution >= 4 is 17.4 Å². The fourth-order valence-electron chi connectivity index (χ4n) is 2.95. The number of allylic oxidation sites excluding steroid dienone is 3. The second-order valence-corrected chi connectivity index (χ2v) is 7.10. The van der Waals surface area contributed by atoms with Crippen molar-refractivity contribution < 1.29 is 9.59 Å². The highest BCUT2D eigenvalue weighted by Crippen LogP contribution is 2.26. The molecule has 2 atom stereocenters. The highest BCUT2D eigenvalue weighted by atomic mass is 16.2. The van der Waals surface area contributed by atoms with Gasteiger partial charge in [-0.25, -0.2) is 0 Å². The maximum absolute atomic E-state index is 12.0. The second-order valence-electron chi connectivity index (χ2n) is 7.10. The van der Waals surface area contributed by atoms with Gasteiger partial charge in [0.25, 0.3) is 0 Å². The van der Waals surface area contributed by atoms with Crippen LogP contribution in [0.1, 0.15) is 81.1 Å². The van der Waals surface area contributed by atoms with Gasteiger partial charge in [-0.15, -0.1) is 0 Å². The van der Waals surface area contributed by atoms with Crippen molar-refractivity contribution in [1.82, 2.24) is 4.90 Å². The summed E-state index contributed by atoms with van der Waals surface area (Å²) in [5, 5.41) is 8.21. The summed E-state index contributed by atoms with van der Waals surface area (Å²) in [6.07, 6.45) is 6.07. The predicted octanol–water partition coefficient (Wildman–Crippen LogP) is 5.42. The molecular weight excluding hydrogens is 362 g/mol. The molecule has 3 N–H and O–H groups in total. The largest absolute Gasteiger partial charge is 0.402 e. The third-order valence-corrected chi connectivity index (χ3v) is 4.71. The summed E-state index contributed by atoms with van der Waals surface area (Å²) in [7, 11) is 0. The molecule has 0 aromatic rings. The first kappa shape index (κ1) is 29.0. The molecule has 0 bridgehead atoms. The van der Waals surface area contributed by atoms with Gasteiger partial charge in [0.15, 0.2) is 5.78 Å². The third kappa shape index (κ3) is 9.73. The first-order chi connectivity index (χ1) is 13.6. The molecule has 1 aliphatic rings. The Balaban J connectivity index is 0. The van der Waals surface area contributed by atoms with E-state index in [1.54, 1.807) is 0 Å². The molecule has 2 unspecified atom stereocenters. The van der Waals surface area contributed by atoms with Crippen LogP contribution in [0.4, 0.5) is 0 Å². The van der Waals surface area contributed by atoms with Crippen LogP contribution in [-0.2, 0) is 9.59 Å². The van der Waals surface area contributed by atoms with Crippen molar-refractivity contribution in [2.45, 2.75) is 87.1 Å². The van der Waals surface area contributed by atoms with Gasteiger partial charge in [0.1, 0.15) is 0 Å². The Morgan fingerprint density at radius 1 is 1.28 bits per heavy atom. The van der Waals surface area contributed by atoms with Crippen molar-refractivity contribution in [3.05, 3.63) is 35.6 Å². The molecule has 0 radical (unpaired) electrons. The lowest BCUT2D eigenvalue weighted by Gasteiger charge is -2.37. The zero-order chi connectivity index (χ0) is 23.1. The van der Waals surface area contributed by atoms with Crippen LogP contribution in [0.25, 0.3) is 0 Å². The Morgan fingerprint density at radius 2 is 1.83 bits per heavy atom. The maximum Gasteiger partial charge on any atom is 0.222 e. The highest BCUT2D eigenvalue weighted by molar-refractivity contribution is 6.08. The van der Waals surface area contributed by atoms with E-state index in [-0.39, 0.29) is 23.7 Å². The van der Waals surface area contributed by atoms with Crippen LogP contribution in [0.2, 0.25) is 0 Å². The summed E-state index contributed by atoms with van der Waals surface area (Å²) in [5.41, 5.74) is 9.20. The van der Waals surface area contributed by atoms with Crippen molar-refractivity contribution in [1.29, 1.82) is 5.41 Å². The number of amides is 1. The van der Waals surface area contributed by atoms with Crippen molar-refractivity contribution in [2.75, 3.05) is 6.54 Å². The predicted molar refractivity (Wildman–Crippen MR) is 125 cm³/mol. The van der Waals surface area contributed by atoms with E-state index >= 15 is 0 Å². The van der Waals surface area contributed by atoms with Gasteiger partial charge in [-0.3, -0.25) is 9.59 Å². The molecule has 0 saturated heterocycles. The molecule has 1 rings (SSSR count). The number of rotatable bonds is 7. The van der Waals surface area contributed by atoms with Crippen LogP contribution >= 0.6 is 0 Å². The monoisotopic (exact) mass is 405 g/mol. The van der Waals surface area contributed by atoms with E-state index in [1.165, 1.54) is 6.08 Å². The minimum Gasteiger partial charge on any atom is -0.402 e. The topological polar surface area (TPSA) is 87.2 Å². The Labute approximate surface area is 178 Å². The lowest BCUT2D eigenvalue weighted by Crippen LogP contribution is -2.47. The Morgan fingerprint density at radius 3 is 2.17 bits per heavy atom. The van der Waals surface area contributed by atoms with Gasteiger partial charge in [0.2, 0.25) is 5.91 Å². The van der Waals surface area contributed by atoms with Gasteiger partial charge >= 0.3 is 0 Å². The number of nitrogens with zero attached hydrogens (tertiary/aromatic N) is 1. The maximum atomic E-state index is 12.0. The Bertz CT molecular complexity index is 614. The molecule has 1 heterocycles. The molecule has 5 heteroatoms. The SMILES string of the molecule is C=CC(=O)C(C)CC.CC.CCC(=O)N1CCC(N)=C(C(=N)C=C(C)C)C1CC. The number of hydrogen-bond donors (Lipinski definition) is 2. The van der Waals surface area contributed by atoms with Crippen molar-refractivity contribution in [2.24, 2.45) is 11.7 Å². The standard InChI is InChI=1S/C15H25N3O.C7H12O.C2H6/c1-5-13-15(12(17)9-10(3)4)11(16)7-8-18(13)14(19)6-2;1-4-6(3)7(8)5-2;1-2/h9,13,17H,5-8,16H2,1-4H3;5-6H,2,4H2,1,3H3;1-2H3. The lowest BCUT2D eigenvalue weighted by atomic mass is 9.90. The molecule has 0 aliphatic carbocycles. The molecule has 29 heavy (non-hydrogen) atoms. The van der Waals surface area contributed by atoms with Gasteiger partial charge in [-0.2, -0.15) is 0 Å². The van der Waals surface area contributed by atoms with Gasteiger partial charge in [0, 0.05) is 36.6 Å². The van der Waals surface area contributed by atoms with Gasteiger partial charge < -0.3 is 16.0 Å². The minimum atomic E-state index is -0.0516. The molecular formula is C24H43N3O2. The average Bonchev–Trinajstić information content (AvgIpc) is 2.72. The van der Waals surface area contributed by atoms with Crippen LogP contribution in [0, 0.1) is 11.3 Å². The summed E-state index contributed by atoms with van der Waals surface area (Å²) in [5.74, 6) is 0.446. The summed E-state index contributed by atoms with van der Waals surface area (Å²) in [6, 6.07) is -0.0516. The molecule has 0 fully saturated rings. The van der Waals surface area contributed by atoms with Crippen LogP contribution in [-0.4, -0.2) is 34.9 Å². The Kier molecular flexibility index (Phi) is 15.7. The van der Waals surface area contributed by atoms with Gasteiger partial charge in [-0.1, -0.05) is 53.7 Å². The van der Waals surface area contributed by atoms with Gasteiger partial charge in [0.05, 0.1) is 11.8 Å². The number of nitrogens with one attached hydrogen (secondary N) is 1. The molecule has 0 aromatic heterocycles. The zero-order valence-corrected chi connectivity index (χ0v) is 19.9. The lowest BCUT2D eigenvalue weighted by molar-refractivity contribution is -0.132. The van der Waals surface area contributed by atoms with Crippen LogP contribution in [0.5, 0.6) is 0 Å². The van der Waals surface area contributed by atoms with E-state index in [9.17, 15) is 9.59 Å². The third-order valence-electron chi connectivity index (χ3n) is 4.71. The minimum absolute atomic E-state index is 0.0516.